The van der Waals surface area contributed by atoms with Crippen LogP contribution >= 0.6 is 11.3 Å². The Morgan fingerprint density at radius 1 is 1.43 bits per heavy atom. The van der Waals surface area contributed by atoms with E-state index in [9.17, 15) is 4.79 Å². The molecule has 0 fully saturated rings. The minimum atomic E-state index is -0.113. The summed E-state index contributed by atoms with van der Waals surface area (Å²) in [4.78, 5) is 18.5. The molecule has 1 aromatic heterocycles. The summed E-state index contributed by atoms with van der Waals surface area (Å²) < 4.78 is 5.78. The minimum Gasteiger partial charge on any atom is -0.490 e. The maximum Gasteiger partial charge on any atom is 0.318 e. The lowest BCUT2D eigenvalue weighted by molar-refractivity contribution is 0.199. The molecule has 1 aliphatic rings. The highest BCUT2D eigenvalue weighted by atomic mass is 32.1. The third-order valence-corrected chi connectivity index (χ3v) is 5.11. The number of hydrogen-bond acceptors (Lipinski definition) is 4. The first-order valence-electron chi connectivity index (χ1n) is 7.61. The number of nitrogens with zero attached hydrogens (tertiary/aromatic N) is 2. The van der Waals surface area contributed by atoms with Crippen LogP contribution in [0.25, 0.3) is 0 Å². The van der Waals surface area contributed by atoms with Crippen molar-refractivity contribution in [1.29, 1.82) is 0 Å². The van der Waals surface area contributed by atoms with Crippen LogP contribution in [0.4, 0.5) is 4.79 Å². The summed E-state index contributed by atoms with van der Waals surface area (Å²) in [7, 11) is 1.78. The van der Waals surface area contributed by atoms with Gasteiger partial charge in [-0.05, 0) is 31.9 Å². The molecule has 2 heterocycles. The Morgan fingerprint density at radius 2 is 2.22 bits per heavy atom. The molecule has 0 spiro atoms. The second-order valence-corrected chi connectivity index (χ2v) is 6.92. The van der Waals surface area contributed by atoms with Gasteiger partial charge in [-0.3, -0.25) is 0 Å². The average Bonchev–Trinajstić information content (AvgIpc) is 3.10. The zero-order valence-corrected chi connectivity index (χ0v) is 14.7. The molecule has 0 bridgehead atoms. The number of aromatic nitrogens is 1. The van der Waals surface area contributed by atoms with Crippen molar-refractivity contribution < 1.29 is 9.53 Å². The largest absolute Gasteiger partial charge is 0.490 e. The zero-order valence-electron chi connectivity index (χ0n) is 13.8. The SMILES string of the molecule is Cc1csc(CN(C)C(=O)N[C@H]2COc3c2ccc(C)c3C)n1. The number of rotatable bonds is 3. The van der Waals surface area contributed by atoms with E-state index in [2.05, 4.69) is 30.2 Å². The van der Waals surface area contributed by atoms with E-state index in [0.717, 1.165) is 27.6 Å². The molecule has 0 radical (unpaired) electrons. The molecule has 1 N–H and O–H groups in total. The fraction of sp³-hybridized carbons (Fsp3) is 0.412. The number of hydrogen-bond donors (Lipinski definition) is 1. The lowest BCUT2D eigenvalue weighted by atomic mass is 10.0. The Hall–Kier alpha value is -2.08. The van der Waals surface area contributed by atoms with Gasteiger partial charge in [0, 0.05) is 23.7 Å². The summed E-state index contributed by atoms with van der Waals surface area (Å²) in [5.41, 5.74) is 4.39. The van der Waals surface area contributed by atoms with Crippen molar-refractivity contribution in [3.63, 3.8) is 0 Å². The van der Waals surface area contributed by atoms with E-state index in [1.165, 1.54) is 5.56 Å². The second kappa shape index (κ2) is 6.20. The molecule has 1 atom stereocenters. The van der Waals surface area contributed by atoms with Gasteiger partial charge in [-0.1, -0.05) is 12.1 Å². The van der Waals surface area contributed by atoms with Gasteiger partial charge in [0.05, 0.1) is 12.6 Å². The monoisotopic (exact) mass is 331 g/mol. The van der Waals surface area contributed by atoms with Crippen LogP contribution in [0.3, 0.4) is 0 Å². The van der Waals surface area contributed by atoms with E-state index in [-0.39, 0.29) is 12.1 Å². The first-order chi connectivity index (χ1) is 11.0. The maximum absolute atomic E-state index is 12.4. The Morgan fingerprint density at radius 3 is 2.91 bits per heavy atom. The van der Waals surface area contributed by atoms with Crippen LogP contribution < -0.4 is 10.1 Å². The molecule has 0 saturated carbocycles. The van der Waals surface area contributed by atoms with Gasteiger partial charge in [-0.2, -0.15) is 0 Å². The quantitative estimate of drug-likeness (QED) is 0.938. The first kappa shape index (κ1) is 15.8. The summed E-state index contributed by atoms with van der Waals surface area (Å²) in [5, 5.41) is 5.98. The Bertz CT molecular complexity index is 741. The maximum atomic E-state index is 12.4. The lowest BCUT2D eigenvalue weighted by Gasteiger charge is -2.19. The standard InChI is InChI=1S/C17H21N3O2S/c1-10-5-6-13-14(8-22-16(13)12(10)3)19-17(21)20(4)7-15-18-11(2)9-23-15/h5-6,9,14H,7-8H2,1-4H3,(H,19,21)/t14-/m0/s1. The highest BCUT2D eigenvalue weighted by Gasteiger charge is 2.28. The number of amides is 2. The van der Waals surface area contributed by atoms with Crippen LogP contribution in [0.5, 0.6) is 5.75 Å². The molecule has 0 saturated heterocycles. The van der Waals surface area contributed by atoms with Crippen LogP contribution in [0, 0.1) is 20.8 Å². The molecule has 6 heteroatoms. The van der Waals surface area contributed by atoms with E-state index in [0.29, 0.717) is 13.2 Å². The predicted octanol–water partition coefficient (Wildman–Crippen LogP) is 3.34. The highest BCUT2D eigenvalue weighted by Crippen LogP contribution is 2.36. The van der Waals surface area contributed by atoms with Crippen LogP contribution in [-0.2, 0) is 6.54 Å². The lowest BCUT2D eigenvalue weighted by Crippen LogP contribution is -2.39. The Labute approximate surface area is 140 Å². The summed E-state index contributed by atoms with van der Waals surface area (Å²) >= 11 is 1.57. The normalized spacial score (nSPS) is 15.9. The average molecular weight is 331 g/mol. The number of carbonyl (C=O) groups excluding carboxylic acids is 1. The van der Waals surface area contributed by atoms with Gasteiger partial charge >= 0.3 is 6.03 Å². The van der Waals surface area contributed by atoms with Crippen LogP contribution in [0.2, 0.25) is 0 Å². The van der Waals surface area contributed by atoms with Crippen LogP contribution in [0.15, 0.2) is 17.5 Å². The molecule has 2 aromatic rings. The number of ether oxygens (including phenoxy) is 1. The summed E-state index contributed by atoms with van der Waals surface area (Å²) in [6.07, 6.45) is 0. The zero-order chi connectivity index (χ0) is 16.6. The van der Waals surface area contributed by atoms with Gasteiger partial charge in [0.2, 0.25) is 0 Å². The fourth-order valence-electron chi connectivity index (χ4n) is 2.66. The topological polar surface area (TPSA) is 54.5 Å². The second-order valence-electron chi connectivity index (χ2n) is 5.98. The minimum absolute atomic E-state index is 0.0997. The van der Waals surface area contributed by atoms with Gasteiger partial charge in [-0.15, -0.1) is 11.3 Å². The molecule has 3 rings (SSSR count). The number of carbonyl (C=O) groups is 1. The third-order valence-electron chi connectivity index (χ3n) is 4.16. The molecule has 1 aromatic carbocycles. The van der Waals surface area contributed by atoms with Gasteiger partial charge in [0.25, 0.3) is 0 Å². The molecule has 1 aliphatic heterocycles. The molecule has 0 unspecified atom stereocenters. The third kappa shape index (κ3) is 3.17. The number of fused-ring (bicyclic) bond motifs is 1. The summed E-state index contributed by atoms with van der Waals surface area (Å²) in [6, 6.07) is 3.90. The molecule has 23 heavy (non-hydrogen) atoms. The molecule has 0 aliphatic carbocycles. The van der Waals surface area contributed by atoms with Gasteiger partial charge in [-0.25, -0.2) is 9.78 Å². The number of benzene rings is 1. The van der Waals surface area contributed by atoms with E-state index in [4.69, 9.17) is 4.74 Å². The highest BCUT2D eigenvalue weighted by molar-refractivity contribution is 7.09. The Balaban J connectivity index is 1.67. The van der Waals surface area contributed by atoms with Crippen molar-refractivity contribution in [2.45, 2.75) is 33.4 Å². The number of nitrogens with one attached hydrogen (secondary N) is 1. The van der Waals surface area contributed by atoms with E-state index >= 15 is 0 Å². The number of urea groups is 1. The van der Waals surface area contributed by atoms with Crippen molar-refractivity contribution in [2.75, 3.05) is 13.7 Å². The fourth-order valence-corrected chi connectivity index (χ4v) is 3.49. The van der Waals surface area contributed by atoms with E-state index in [1.54, 1.807) is 23.3 Å². The van der Waals surface area contributed by atoms with Gasteiger partial charge < -0.3 is 15.0 Å². The summed E-state index contributed by atoms with van der Waals surface area (Å²) in [5.74, 6) is 0.911. The van der Waals surface area contributed by atoms with Gasteiger partial charge in [0.15, 0.2) is 0 Å². The first-order valence-corrected chi connectivity index (χ1v) is 8.49. The van der Waals surface area contributed by atoms with Crippen molar-refractivity contribution in [2.24, 2.45) is 0 Å². The van der Waals surface area contributed by atoms with Crippen LogP contribution in [-0.4, -0.2) is 29.6 Å². The molecule has 5 nitrogen and oxygen atoms in total. The number of thiazole rings is 1. The van der Waals surface area contributed by atoms with Crippen molar-refractivity contribution >= 4 is 17.4 Å². The smallest absolute Gasteiger partial charge is 0.318 e. The van der Waals surface area contributed by atoms with Crippen molar-refractivity contribution in [1.82, 2.24) is 15.2 Å². The predicted molar refractivity (Wildman–Crippen MR) is 91.0 cm³/mol. The van der Waals surface area contributed by atoms with Gasteiger partial charge in [0.1, 0.15) is 17.4 Å². The molecular weight excluding hydrogens is 310 g/mol. The molecule has 2 amide bonds. The molecule has 122 valence electrons. The summed E-state index contributed by atoms with van der Waals surface area (Å²) in [6.45, 7) is 7.06. The van der Waals surface area contributed by atoms with E-state index < -0.39 is 0 Å². The van der Waals surface area contributed by atoms with Crippen molar-refractivity contribution in [3.8, 4) is 5.75 Å². The Kier molecular flexibility index (Phi) is 4.26. The van der Waals surface area contributed by atoms with Crippen molar-refractivity contribution in [3.05, 3.63) is 44.9 Å². The number of aryl methyl sites for hydroxylation is 2. The van der Waals surface area contributed by atoms with E-state index in [1.807, 2.05) is 18.4 Å². The molecular formula is C17H21N3O2S. The van der Waals surface area contributed by atoms with Crippen LogP contribution in [0.1, 0.15) is 33.4 Å².